The summed E-state index contributed by atoms with van der Waals surface area (Å²) in [5.41, 5.74) is 36.4. The Morgan fingerprint density at radius 1 is 0.286 bits per heavy atom. The summed E-state index contributed by atoms with van der Waals surface area (Å²) in [6.07, 6.45) is -1.78. The van der Waals surface area contributed by atoms with Crippen LogP contribution >= 0.6 is 0 Å². The molecule has 7 aromatic rings. The van der Waals surface area contributed by atoms with Gasteiger partial charge in [0.25, 0.3) is 0 Å². The predicted molar refractivity (Wildman–Crippen MR) is 434 cm³/mol. The largest absolute Gasteiger partial charge is 0.394 e. The van der Waals surface area contributed by atoms with E-state index in [0.717, 1.165) is 34.6 Å². The van der Waals surface area contributed by atoms with Crippen LogP contribution in [0.2, 0.25) is 0 Å². The molecule has 0 aliphatic carbocycles. The zero-order valence-corrected chi connectivity index (χ0v) is 70.5. The maximum atomic E-state index is 12.8. The van der Waals surface area contributed by atoms with Gasteiger partial charge in [0.15, 0.2) is 0 Å². The van der Waals surface area contributed by atoms with Crippen molar-refractivity contribution < 1.29 is 13.2 Å². The van der Waals surface area contributed by atoms with Crippen LogP contribution < -0.4 is 0 Å². The monoisotopic (exact) mass is 1340 g/mol. The minimum absolute atomic E-state index is 0.0262. The smallest absolute Gasteiger partial charge is 0.171 e. The van der Waals surface area contributed by atoms with E-state index in [1.54, 1.807) is 0 Å². The lowest BCUT2D eigenvalue weighted by Crippen LogP contribution is -2.34. The molecule has 0 heterocycles. The summed E-state index contributed by atoms with van der Waals surface area (Å²) >= 11 is 0. The highest BCUT2D eigenvalue weighted by atomic mass is 19.4. The van der Waals surface area contributed by atoms with Gasteiger partial charge < -0.3 is 0 Å². The van der Waals surface area contributed by atoms with Gasteiger partial charge in [0.05, 0.1) is 5.41 Å². The Hall–Kier alpha value is -5.67. The Morgan fingerprint density at radius 3 is 0.796 bits per heavy atom. The Balaban J connectivity index is 0.000000573. The highest BCUT2D eigenvalue weighted by Gasteiger charge is 2.47. The Kier molecular flexibility index (Phi) is 35.9. The third-order valence-electron chi connectivity index (χ3n) is 20.2. The molecule has 0 N–H and O–H groups in total. The van der Waals surface area contributed by atoms with Gasteiger partial charge in [-0.3, -0.25) is 0 Å². The lowest BCUT2D eigenvalue weighted by atomic mass is 9.83. The van der Waals surface area contributed by atoms with Crippen molar-refractivity contribution in [3.63, 3.8) is 0 Å². The van der Waals surface area contributed by atoms with Crippen molar-refractivity contribution in [2.75, 3.05) is 0 Å². The average molecular weight is 1340 g/mol. The number of benzene rings is 7. The molecule has 0 nitrogen and oxygen atoms in total. The molecule has 0 fully saturated rings. The number of halogens is 3. The zero-order chi connectivity index (χ0) is 76.4. The van der Waals surface area contributed by atoms with Crippen molar-refractivity contribution in [3.8, 4) is 0 Å². The van der Waals surface area contributed by atoms with E-state index < -0.39 is 11.6 Å². The fraction of sp³-hybridized carbons (Fsp3) is 0.558. The third kappa shape index (κ3) is 29.1. The van der Waals surface area contributed by atoms with E-state index in [4.69, 9.17) is 0 Å². The van der Waals surface area contributed by atoms with Crippen LogP contribution in [0.5, 0.6) is 0 Å². The first kappa shape index (κ1) is 90.3. The average Bonchev–Trinajstić information content (AvgIpc) is 0.828. The zero-order valence-electron chi connectivity index (χ0n) is 70.5. The standard InChI is InChI=1S/C16H26.C14H19F3.C14H22.3C13H20.C12H18/c1-10(2)14-8-15(11(3)4)13(7)16(9-14)12(5)6;1-9-6-12(7-10(2)11(9)3)8-13(4,5)14(15,16)17;1-10-7-13(9-14(4,5)6)8-11(2)12(10)3;1-9-7-12(13(4,5)6)8-10(2)11(9)3;1-9(2)6-13-7-10(3)12(5)11(4)8-13;1-9(2)12-7-6-8-13(10(3)4)11(12)5;1-8(2)12-6-9(3)11(5)10(4)7-12/h8-12H,1-7H3;6-7H,8H2,1-5H3;7-8H,9H2,1-6H3;7-8H,1-6H3;7-9H,6H2,1-5H3;6-10H,1-5H3;6-8H,1-5H3. The minimum atomic E-state index is -4.17. The van der Waals surface area contributed by atoms with E-state index in [-0.39, 0.29) is 11.8 Å². The molecule has 0 aromatic heterocycles. The van der Waals surface area contributed by atoms with Crippen LogP contribution in [0.3, 0.4) is 0 Å². The summed E-state index contributed by atoms with van der Waals surface area (Å²) in [5.74, 6) is 4.53. The van der Waals surface area contributed by atoms with Crippen LogP contribution in [0.4, 0.5) is 13.2 Å². The molecule has 0 aliphatic heterocycles. The molecule has 7 rings (SSSR count). The van der Waals surface area contributed by atoms with Gasteiger partial charge in [-0.25, -0.2) is 0 Å². The molecule has 98 heavy (non-hydrogen) atoms. The van der Waals surface area contributed by atoms with E-state index in [2.05, 4.69) is 314 Å². The van der Waals surface area contributed by atoms with E-state index in [1.807, 2.05) is 32.9 Å². The second-order valence-corrected chi connectivity index (χ2v) is 34.5. The highest BCUT2D eigenvalue weighted by Crippen LogP contribution is 2.41. The first-order valence-electron chi connectivity index (χ1n) is 37.2. The molecule has 0 bridgehead atoms. The first-order chi connectivity index (χ1) is 44.6. The number of hydrogen-bond acceptors (Lipinski definition) is 0. The van der Waals surface area contributed by atoms with Gasteiger partial charge in [-0.15, -0.1) is 0 Å². The Bertz CT molecular complexity index is 3450. The van der Waals surface area contributed by atoms with Crippen molar-refractivity contribution >= 4 is 0 Å². The molecular formula is C95H145F3. The van der Waals surface area contributed by atoms with Gasteiger partial charge in [-0.1, -0.05) is 243 Å². The molecular weight excluding hydrogens is 1200 g/mol. The lowest BCUT2D eigenvalue weighted by Gasteiger charge is -2.28. The second kappa shape index (κ2) is 38.9. The number of alkyl halides is 3. The quantitative estimate of drug-likeness (QED) is 0.121. The van der Waals surface area contributed by atoms with Gasteiger partial charge in [-0.2, -0.15) is 13.2 Å². The van der Waals surface area contributed by atoms with E-state index in [1.165, 1.54) is 148 Å². The molecule has 0 unspecified atom stereocenters. The molecule has 7 aromatic carbocycles. The van der Waals surface area contributed by atoms with Crippen LogP contribution in [0.1, 0.15) is 338 Å². The first-order valence-corrected chi connectivity index (χ1v) is 37.2. The van der Waals surface area contributed by atoms with Gasteiger partial charge in [-0.05, 0) is 339 Å². The van der Waals surface area contributed by atoms with E-state index in [9.17, 15) is 13.2 Å². The highest BCUT2D eigenvalue weighted by molar-refractivity contribution is 5.45. The van der Waals surface area contributed by atoms with Crippen LogP contribution in [0.15, 0.2) is 91.0 Å². The van der Waals surface area contributed by atoms with Gasteiger partial charge in [0, 0.05) is 0 Å². The number of rotatable bonds is 11. The molecule has 0 aliphatic rings. The van der Waals surface area contributed by atoms with Crippen molar-refractivity contribution in [1.29, 1.82) is 0 Å². The molecule has 0 spiro atoms. The maximum Gasteiger partial charge on any atom is 0.394 e. The maximum absolute atomic E-state index is 12.8. The van der Waals surface area contributed by atoms with Gasteiger partial charge in [0.1, 0.15) is 0 Å². The Morgan fingerprint density at radius 2 is 0.541 bits per heavy atom. The Labute approximate surface area is 604 Å². The van der Waals surface area contributed by atoms with Crippen molar-refractivity contribution in [2.24, 2.45) is 16.7 Å². The number of aryl methyl sites for hydroxylation is 10. The topological polar surface area (TPSA) is 0 Å². The molecule has 0 atom stereocenters. The molecule has 3 heteroatoms. The molecule has 0 saturated heterocycles. The fourth-order valence-electron chi connectivity index (χ4n) is 12.5. The van der Waals surface area contributed by atoms with E-state index in [0.29, 0.717) is 40.9 Å². The SMILES string of the molecule is Cc1c(C(C)C)cc(C(C)C)cc1C(C)C.Cc1c(C(C)C)cccc1C(C)C.Cc1cc(C(C)(C)C)cc(C)c1C.Cc1cc(C(C)C)cc(C)c1C.Cc1cc(CC(C)(C)C(F)(F)F)cc(C)c1C.Cc1cc(CC(C)(C)C)cc(C)c1C.Cc1cc(CC(C)C)cc(C)c1C. The lowest BCUT2D eigenvalue weighted by molar-refractivity contribution is -0.211. The van der Waals surface area contributed by atoms with Crippen LogP contribution in [0.25, 0.3) is 0 Å². The van der Waals surface area contributed by atoms with Crippen molar-refractivity contribution in [2.45, 2.75) is 336 Å². The predicted octanol–water partition coefficient (Wildman–Crippen LogP) is 30.0. The third-order valence-corrected chi connectivity index (χ3v) is 20.2. The summed E-state index contributed by atoms with van der Waals surface area (Å²) in [7, 11) is 0. The molecule has 0 radical (unpaired) electrons. The van der Waals surface area contributed by atoms with Crippen molar-refractivity contribution in [1.82, 2.24) is 0 Å². The van der Waals surface area contributed by atoms with Crippen molar-refractivity contribution in [3.05, 3.63) is 241 Å². The molecule has 0 amide bonds. The number of hydrogen-bond donors (Lipinski definition) is 0. The van der Waals surface area contributed by atoms with Gasteiger partial charge >= 0.3 is 6.18 Å². The summed E-state index contributed by atoms with van der Waals surface area (Å²) in [5, 5.41) is 0. The summed E-state index contributed by atoms with van der Waals surface area (Å²) in [6, 6.07) is 33.7. The van der Waals surface area contributed by atoms with Crippen LogP contribution in [-0.2, 0) is 24.7 Å². The van der Waals surface area contributed by atoms with Crippen LogP contribution in [0, 0.1) is 134 Å². The van der Waals surface area contributed by atoms with Crippen LogP contribution in [-0.4, -0.2) is 6.18 Å². The summed E-state index contributed by atoms with van der Waals surface area (Å²) in [4.78, 5) is 0. The second-order valence-electron chi connectivity index (χ2n) is 34.5. The normalized spacial score (nSPS) is 11.7. The fourth-order valence-corrected chi connectivity index (χ4v) is 12.5. The van der Waals surface area contributed by atoms with Gasteiger partial charge in [0.2, 0.25) is 0 Å². The molecule has 546 valence electrons. The minimum Gasteiger partial charge on any atom is -0.171 e. The van der Waals surface area contributed by atoms with E-state index >= 15 is 0 Å². The summed E-state index contributed by atoms with van der Waals surface area (Å²) < 4.78 is 38.4. The molecule has 0 saturated carbocycles. The summed E-state index contributed by atoms with van der Waals surface area (Å²) in [6.45, 7) is 84.6.